The second kappa shape index (κ2) is 6.22. The molecule has 0 aliphatic carbocycles. The Morgan fingerprint density at radius 3 is 2.86 bits per heavy atom. The smallest absolute Gasteiger partial charge is 0.261 e. The Morgan fingerprint density at radius 2 is 2.14 bits per heavy atom. The summed E-state index contributed by atoms with van der Waals surface area (Å²) in [7, 11) is 1.78. The van der Waals surface area contributed by atoms with E-state index in [0.717, 1.165) is 39.1 Å². The molecule has 0 N–H and O–H groups in total. The number of rotatable bonds is 4. The van der Waals surface area contributed by atoms with Gasteiger partial charge in [-0.15, -0.1) is 11.3 Å². The fourth-order valence-electron chi connectivity index (χ4n) is 2.21. The molecule has 0 radical (unpaired) electrons. The Kier molecular flexibility index (Phi) is 4.31. The van der Waals surface area contributed by atoms with Gasteiger partial charge in [-0.2, -0.15) is 0 Å². The summed E-state index contributed by atoms with van der Waals surface area (Å²) < 4.78 is 1.62. The maximum atomic E-state index is 12.5. The van der Waals surface area contributed by atoms with E-state index >= 15 is 0 Å². The van der Waals surface area contributed by atoms with Gasteiger partial charge in [0.25, 0.3) is 5.56 Å². The van der Waals surface area contributed by atoms with Gasteiger partial charge >= 0.3 is 0 Å². The number of thiazole rings is 1. The van der Waals surface area contributed by atoms with Crippen LogP contribution in [0.3, 0.4) is 0 Å². The van der Waals surface area contributed by atoms with Gasteiger partial charge in [-0.3, -0.25) is 9.36 Å². The van der Waals surface area contributed by atoms with Crippen LogP contribution in [0.15, 0.2) is 33.5 Å². The van der Waals surface area contributed by atoms with Crippen LogP contribution >= 0.6 is 23.1 Å². The summed E-state index contributed by atoms with van der Waals surface area (Å²) in [4.78, 5) is 21.6. The minimum Gasteiger partial charge on any atom is -0.290 e. The highest BCUT2D eigenvalue weighted by molar-refractivity contribution is 7.98. The highest BCUT2D eigenvalue weighted by Gasteiger charge is 2.10. The fraction of sp³-hybridized carbons (Fsp3) is 0.312. The first-order chi connectivity index (χ1) is 10.6. The average molecular weight is 331 g/mol. The van der Waals surface area contributed by atoms with Gasteiger partial charge in [0, 0.05) is 18.2 Å². The van der Waals surface area contributed by atoms with E-state index in [2.05, 4.69) is 22.3 Å². The number of nitrogens with zero attached hydrogens (tertiary/aromatic N) is 3. The molecule has 4 nitrogen and oxygen atoms in total. The van der Waals surface area contributed by atoms with E-state index in [1.807, 2.05) is 25.1 Å². The van der Waals surface area contributed by atoms with E-state index in [9.17, 15) is 4.79 Å². The zero-order valence-electron chi connectivity index (χ0n) is 12.8. The predicted molar refractivity (Wildman–Crippen MR) is 92.8 cm³/mol. The predicted octanol–water partition coefficient (Wildman–Crippen LogP) is 3.55. The normalized spacial score (nSPS) is 11.2. The first-order valence-corrected chi connectivity index (χ1v) is 8.98. The topological polar surface area (TPSA) is 47.8 Å². The number of aryl methyl sites for hydroxylation is 2. The second-order valence-corrected chi connectivity index (χ2v) is 7.04. The first kappa shape index (κ1) is 15.2. The SMILES string of the molecule is CCc1nc(CSc2nc3ccc(C)cc3c(=O)n2C)cs1. The molecule has 2 aromatic heterocycles. The molecule has 0 saturated heterocycles. The van der Waals surface area contributed by atoms with Crippen LogP contribution in [0, 0.1) is 6.92 Å². The Hall–Kier alpha value is -1.66. The minimum atomic E-state index is 0.00345. The van der Waals surface area contributed by atoms with Crippen molar-refractivity contribution in [1.82, 2.24) is 14.5 Å². The minimum absolute atomic E-state index is 0.00345. The van der Waals surface area contributed by atoms with Crippen molar-refractivity contribution >= 4 is 34.0 Å². The van der Waals surface area contributed by atoms with Gasteiger partial charge in [-0.25, -0.2) is 9.97 Å². The molecule has 0 unspecified atom stereocenters. The maximum absolute atomic E-state index is 12.5. The van der Waals surface area contributed by atoms with Crippen LogP contribution in [-0.2, 0) is 19.2 Å². The summed E-state index contributed by atoms with van der Waals surface area (Å²) in [6.07, 6.45) is 0.960. The van der Waals surface area contributed by atoms with Crippen LogP contribution < -0.4 is 5.56 Å². The van der Waals surface area contributed by atoms with E-state index < -0.39 is 0 Å². The third-order valence-electron chi connectivity index (χ3n) is 3.44. The Bertz CT molecular complexity index is 883. The van der Waals surface area contributed by atoms with Crippen LogP contribution in [0.25, 0.3) is 10.9 Å². The van der Waals surface area contributed by atoms with Gasteiger partial charge in [-0.05, 0) is 25.5 Å². The number of aromatic nitrogens is 3. The first-order valence-electron chi connectivity index (χ1n) is 7.12. The van der Waals surface area contributed by atoms with Crippen molar-refractivity contribution in [2.24, 2.45) is 7.05 Å². The molecule has 0 bridgehead atoms. The third-order valence-corrected chi connectivity index (χ3v) is 5.55. The van der Waals surface area contributed by atoms with Gasteiger partial charge in [-0.1, -0.05) is 30.3 Å². The molecule has 3 rings (SSSR count). The molecule has 22 heavy (non-hydrogen) atoms. The Morgan fingerprint density at radius 1 is 1.32 bits per heavy atom. The highest BCUT2D eigenvalue weighted by Crippen LogP contribution is 2.23. The summed E-state index contributed by atoms with van der Waals surface area (Å²) in [5, 5.41) is 4.63. The molecule has 0 aliphatic rings. The summed E-state index contributed by atoms with van der Waals surface area (Å²) in [5.41, 5.74) is 2.87. The molecule has 0 spiro atoms. The molecule has 3 aromatic rings. The Balaban J connectivity index is 1.92. The average Bonchev–Trinajstić information content (AvgIpc) is 2.98. The lowest BCUT2D eigenvalue weighted by Crippen LogP contribution is -2.20. The van der Waals surface area contributed by atoms with E-state index in [1.165, 1.54) is 0 Å². The molecule has 114 valence electrons. The van der Waals surface area contributed by atoms with E-state index in [1.54, 1.807) is 34.7 Å². The quantitative estimate of drug-likeness (QED) is 0.542. The molecule has 6 heteroatoms. The number of hydrogen-bond donors (Lipinski definition) is 0. The van der Waals surface area contributed by atoms with Crippen LogP contribution in [0.1, 0.15) is 23.2 Å². The summed E-state index contributed by atoms with van der Waals surface area (Å²) in [6.45, 7) is 4.08. The lowest BCUT2D eigenvalue weighted by molar-refractivity contribution is 0.726. The second-order valence-electron chi connectivity index (χ2n) is 5.15. The third kappa shape index (κ3) is 2.94. The van der Waals surface area contributed by atoms with Gasteiger partial charge in [0.05, 0.1) is 21.6 Å². The molecular formula is C16H17N3OS2. The number of fused-ring (bicyclic) bond motifs is 1. The summed E-state index contributed by atoms with van der Waals surface area (Å²) >= 11 is 3.24. The number of benzene rings is 1. The molecule has 0 amide bonds. The van der Waals surface area contributed by atoms with Crippen molar-refractivity contribution in [2.75, 3.05) is 0 Å². The van der Waals surface area contributed by atoms with Crippen molar-refractivity contribution in [3.05, 3.63) is 50.2 Å². The molecule has 0 aliphatic heterocycles. The molecule has 0 saturated carbocycles. The van der Waals surface area contributed by atoms with Crippen molar-refractivity contribution in [2.45, 2.75) is 31.2 Å². The van der Waals surface area contributed by atoms with Crippen molar-refractivity contribution in [3.63, 3.8) is 0 Å². The molecular weight excluding hydrogens is 314 g/mol. The van der Waals surface area contributed by atoms with Gasteiger partial charge in [0.2, 0.25) is 0 Å². The molecule has 1 aromatic carbocycles. The van der Waals surface area contributed by atoms with Crippen LogP contribution in [0.4, 0.5) is 0 Å². The van der Waals surface area contributed by atoms with Crippen molar-refractivity contribution in [3.8, 4) is 0 Å². The lowest BCUT2D eigenvalue weighted by Gasteiger charge is -2.08. The number of thioether (sulfide) groups is 1. The zero-order valence-corrected chi connectivity index (χ0v) is 14.4. The van der Waals surface area contributed by atoms with Crippen LogP contribution in [0.5, 0.6) is 0 Å². The van der Waals surface area contributed by atoms with E-state index in [0.29, 0.717) is 5.39 Å². The Labute approximate surface area is 137 Å². The highest BCUT2D eigenvalue weighted by atomic mass is 32.2. The monoisotopic (exact) mass is 331 g/mol. The van der Waals surface area contributed by atoms with Crippen molar-refractivity contribution < 1.29 is 0 Å². The van der Waals surface area contributed by atoms with Gasteiger partial charge < -0.3 is 0 Å². The van der Waals surface area contributed by atoms with Crippen LogP contribution in [0.2, 0.25) is 0 Å². The number of hydrogen-bond acceptors (Lipinski definition) is 5. The molecule has 0 fully saturated rings. The van der Waals surface area contributed by atoms with Gasteiger partial charge in [0.15, 0.2) is 5.16 Å². The zero-order chi connectivity index (χ0) is 15.7. The summed E-state index contributed by atoms with van der Waals surface area (Å²) in [5.74, 6) is 0.730. The largest absolute Gasteiger partial charge is 0.290 e. The maximum Gasteiger partial charge on any atom is 0.261 e. The lowest BCUT2D eigenvalue weighted by atomic mass is 10.2. The van der Waals surface area contributed by atoms with E-state index in [4.69, 9.17) is 0 Å². The van der Waals surface area contributed by atoms with Crippen LogP contribution in [-0.4, -0.2) is 14.5 Å². The van der Waals surface area contributed by atoms with E-state index in [-0.39, 0.29) is 5.56 Å². The standard InChI is InChI=1S/C16H17N3OS2/c1-4-14-17-11(8-21-14)9-22-16-18-13-6-5-10(2)7-12(13)15(20)19(16)3/h5-8H,4,9H2,1-3H3. The molecule has 0 atom stereocenters. The summed E-state index contributed by atoms with van der Waals surface area (Å²) in [6, 6.07) is 5.79. The molecule has 2 heterocycles. The van der Waals surface area contributed by atoms with Gasteiger partial charge in [0.1, 0.15) is 0 Å². The van der Waals surface area contributed by atoms with Crippen molar-refractivity contribution in [1.29, 1.82) is 0 Å². The fourth-order valence-corrected chi connectivity index (χ4v) is 3.92.